The molecule has 0 aliphatic carbocycles. The molecule has 0 aliphatic heterocycles. The molecule has 0 bridgehead atoms. The number of rotatable bonds is 18. The quantitative estimate of drug-likeness (QED) is 0.0480. The Morgan fingerprint density at radius 3 is 1.95 bits per heavy atom. The van der Waals surface area contributed by atoms with Gasteiger partial charge in [0.15, 0.2) is 5.96 Å². The van der Waals surface area contributed by atoms with Crippen LogP contribution in [0.1, 0.15) is 52.4 Å². The number of nitrogens with two attached hydrogens (primary N) is 4. The number of carboxylic acids is 2. The zero-order chi connectivity index (χ0) is 28.7. The number of carbonyl (C=O) groups excluding carboxylic acids is 4. The van der Waals surface area contributed by atoms with Gasteiger partial charge in [-0.1, -0.05) is 20.3 Å². The van der Waals surface area contributed by atoms with Crippen molar-refractivity contribution in [3.8, 4) is 0 Å². The number of hydrogen-bond acceptors (Lipinski definition) is 8. The Bertz CT molecular complexity index is 861. The summed E-state index contributed by atoms with van der Waals surface area (Å²) < 4.78 is 0. The molecule has 0 aromatic rings. The second-order valence-electron chi connectivity index (χ2n) is 8.49. The second kappa shape index (κ2) is 16.7. The summed E-state index contributed by atoms with van der Waals surface area (Å²) in [4.78, 5) is 75.8. The predicted molar refractivity (Wildman–Crippen MR) is 131 cm³/mol. The number of primary amides is 1. The van der Waals surface area contributed by atoms with Gasteiger partial charge < -0.3 is 49.1 Å². The van der Waals surface area contributed by atoms with Gasteiger partial charge >= 0.3 is 11.9 Å². The van der Waals surface area contributed by atoms with E-state index in [0.717, 1.165) is 0 Å². The van der Waals surface area contributed by atoms with Crippen LogP contribution in [0.3, 0.4) is 0 Å². The molecule has 4 amide bonds. The summed E-state index contributed by atoms with van der Waals surface area (Å²) in [6, 6.07) is -5.38. The van der Waals surface area contributed by atoms with Crippen molar-refractivity contribution in [2.24, 2.45) is 33.8 Å². The van der Waals surface area contributed by atoms with Gasteiger partial charge in [0, 0.05) is 13.0 Å². The van der Waals surface area contributed by atoms with E-state index in [2.05, 4.69) is 20.9 Å². The van der Waals surface area contributed by atoms with Gasteiger partial charge in [-0.25, -0.2) is 4.79 Å². The first kappa shape index (κ1) is 33.0. The molecule has 16 heteroatoms. The molecular weight excluding hydrogens is 492 g/mol. The highest BCUT2D eigenvalue weighted by molar-refractivity contribution is 5.95. The number of aliphatic carboxylic acids is 2. The number of carboxylic acid groups (broad SMARTS) is 2. The van der Waals surface area contributed by atoms with Gasteiger partial charge in [0.1, 0.15) is 18.1 Å². The Kier molecular flexibility index (Phi) is 14.9. The molecule has 0 aromatic carbocycles. The molecule has 16 nitrogen and oxygen atoms in total. The van der Waals surface area contributed by atoms with Crippen LogP contribution in [0.2, 0.25) is 0 Å². The van der Waals surface area contributed by atoms with Crippen molar-refractivity contribution < 1.29 is 39.0 Å². The molecule has 37 heavy (non-hydrogen) atoms. The monoisotopic (exact) mass is 530 g/mol. The van der Waals surface area contributed by atoms with E-state index in [1.165, 1.54) is 0 Å². The summed E-state index contributed by atoms with van der Waals surface area (Å²) >= 11 is 0. The molecule has 0 fully saturated rings. The first-order chi connectivity index (χ1) is 17.2. The van der Waals surface area contributed by atoms with Crippen LogP contribution in [-0.2, 0) is 28.8 Å². The molecule has 5 unspecified atom stereocenters. The maximum atomic E-state index is 12.9. The summed E-state index contributed by atoms with van der Waals surface area (Å²) in [6.45, 7) is 3.54. The van der Waals surface area contributed by atoms with E-state index in [-0.39, 0.29) is 31.8 Å². The van der Waals surface area contributed by atoms with Crippen LogP contribution in [0, 0.1) is 5.92 Å². The standard InChI is InChI=1S/C21H38N8O8/c1-3-10(2)16(19(35)27-12(20(36)37)6-7-14(23)30)29-18(34)13(9-15(31)32)28-17(33)11(22)5-4-8-26-21(24)25/h10-13,16H,3-9,22H2,1-2H3,(H2,23,30)(H,27,35)(H,28,33)(H,29,34)(H,31,32)(H,36,37)(H4,24,25,26). The average Bonchev–Trinajstić information content (AvgIpc) is 2.80. The minimum absolute atomic E-state index is 0.126. The summed E-state index contributed by atoms with van der Waals surface area (Å²) in [7, 11) is 0. The summed E-state index contributed by atoms with van der Waals surface area (Å²) in [5.74, 6) is -6.84. The largest absolute Gasteiger partial charge is 0.481 e. The second-order valence-corrected chi connectivity index (χ2v) is 8.49. The Labute approximate surface area is 214 Å². The fourth-order valence-corrected chi connectivity index (χ4v) is 3.07. The molecule has 0 saturated heterocycles. The van der Waals surface area contributed by atoms with Crippen molar-refractivity contribution >= 4 is 41.5 Å². The Morgan fingerprint density at radius 2 is 1.46 bits per heavy atom. The van der Waals surface area contributed by atoms with Gasteiger partial charge in [-0.2, -0.15) is 0 Å². The highest BCUT2D eigenvalue weighted by Gasteiger charge is 2.33. The third-order valence-corrected chi connectivity index (χ3v) is 5.40. The van der Waals surface area contributed by atoms with Crippen LogP contribution in [-0.4, -0.2) is 82.5 Å². The van der Waals surface area contributed by atoms with Crippen LogP contribution in [0.25, 0.3) is 0 Å². The van der Waals surface area contributed by atoms with Crippen molar-refractivity contribution in [1.82, 2.24) is 16.0 Å². The maximum Gasteiger partial charge on any atom is 0.326 e. The smallest absolute Gasteiger partial charge is 0.326 e. The van der Waals surface area contributed by atoms with E-state index in [4.69, 9.17) is 22.9 Å². The number of carbonyl (C=O) groups is 6. The van der Waals surface area contributed by atoms with E-state index in [9.17, 15) is 39.0 Å². The molecule has 13 N–H and O–H groups in total. The van der Waals surface area contributed by atoms with Gasteiger partial charge in [0.2, 0.25) is 23.6 Å². The molecule has 0 saturated carbocycles. The molecule has 210 valence electrons. The summed E-state index contributed by atoms with van der Waals surface area (Å²) in [6.07, 6.45) is -0.493. The lowest BCUT2D eigenvalue weighted by molar-refractivity contribution is -0.144. The van der Waals surface area contributed by atoms with Crippen molar-refractivity contribution in [3.63, 3.8) is 0 Å². The number of amides is 4. The topological polar surface area (TPSA) is 295 Å². The predicted octanol–water partition coefficient (Wildman–Crippen LogP) is -3.31. The van der Waals surface area contributed by atoms with Gasteiger partial charge in [0.05, 0.1) is 12.5 Å². The number of nitrogens with zero attached hydrogens (tertiary/aromatic N) is 1. The average molecular weight is 531 g/mol. The van der Waals surface area contributed by atoms with Crippen molar-refractivity contribution in [2.75, 3.05) is 6.54 Å². The van der Waals surface area contributed by atoms with Gasteiger partial charge in [-0.3, -0.25) is 29.0 Å². The van der Waals surface area contributed by atoms with Crippen LogP contribution in [0.5, 0.6) is 0 Å². The van der Waals surface area contributed by atoms with Gasteiger partial charge in [-0.15, -0.1) is 0 Å². The Balaban J connectivity index is 5.48. The number of guanidine groups is 1. The lowest BCUT2D eigenvalue weighted by atomic mass is 9.97. The highest BCUT2D eigenvalue weighted by atomic mass is 16.4. The van der Waals surface area contributed by atoms with E-state index < -0.39 is 72.1 Å². The van der Waals surface area contributed by atoms with Crippen molar-refractivity contribution in [2.45, 2.75) is 76.5 Å². The van der Waals surface area contributed by atoms with Crippen LogP contribution < -0.4 is 38.9 Å². The first-order valence-corrected chi connectivity index (χ1v) is 11.6. The van der Waals surface area contributed by atoms with E-state index in [1.807, 2.05) is 0 Å². The van der Waals surface area contributed by atoms with Crippen LogP contribution >= 0.6 is 0 Å². The van der Waals surface area contributed by atoms with Crippen LogP contribution in [0.4, 0.5) is 0 Å². The third-order valence-electron chi connectivity index (χ3n) is 5.40. The summed E-state index contributed by atoms with van der Waals surface area (Å²) in [5.41, 5.74) is 21.3. The van der Waals surface area contributed by atoms with E-state index in [1.54, 1.807) is 13.8 Å². The van der Waals surface area contributed by atoms with Crippen molar-refractivity contribution in [3.05, 3.63) is 0 Å². The molecule has 0 spiro atoms. The fourth-order valence-electron chi connectivity index (χ4n) is 3.07. The number of nitrogens with one attached hydrogen (secondary N) is 3. The molecule has 0 aliphatic rings. The Morgan fingerprint density at radius 1 is 0.865 bits per heavy atom. The van der Waals surface area contributed by atoms with Crippen molar-refractivity contribution in [1.29, 1.82) is 0 Å². The first-order valence-electron chi connectivity index (χ1n) is 11.6. The fraction of sp³-hybridized carbons (Fsp3) is 0.667. The SMILES string of the molecule is CCC(C)C(NC(=O)C(CC(=O)O)NC(=O)C(N)CCCN=C(N)N)C(=O)NC(CCC(N)=O)C(=O)O. The number of aliphatic imine (C=N–C) groups is 1. The Hall–Kier alpha value is -3.95. The lowest BCUT2D eigenvalue weighted by Crippen LogP contribution is -2.59. The highest BCUT2D eigenvalue weighted by Crippen LogP contribution is 2.10. The molecule has 0 heterocycles. The minimum Gasteiger partial charge on any atom is -0.481 e. The molecular formula is C21H38N8O8. The maximum absolute atomic E-state index is 12.9. The zero-order valence-electron chi connectivity index (χ0n) is 20.9. The number of hydrogen-bond donors (Lipinski definition) is 9. The lowest BCUT2D eigenvalue weighted by Gasteiger charge is -2.27. The normalized spacial score (nSPS) is 14.7. The zero-order valence-corrected chi connectivity index (χ0v) is 20.9. The van der Waals surface area contributed by atoms with E-state index >= 15 is 0 Å². The molecule has 0 aromatic heterocycles. The molecule has 5 atom stereocenters. The van der Waals surface area contributed by atoms with E-state index in [0.29, 0.717) is 12.8 Å². The van der Waals surface area contributed by atoms with Crippen LogP contribution in [0.15, 0.2) is 4.99 Å². The summed E-state index contributed by atoms with van der Waals surface area (Å²) in [5, 5.41) is 25.5. The van der Waals surface area contributed by atoms with Gasteiger partial charge in [0.25, 0.3) is 0 Å². The van der Waals surface area contributed by atoms with Gasteiger partial charge in [-0.05, 0) is 25.2 Å². The minimum atomic E-state index is -1.57. The molecule has 0 rings (SSSR count). The third kappa shape index (κ3) is 13.6. The molecule has 0 radical (unpaired) electrons.